The van der Waals surface area contributed by atoms with E-state index in [0.29, 0.717) is 23.7 Å². The minimum Gasteiger partial charge on any atom is -0.293 e. The Balaban J connectivity index is 1.62. The molecule has 2 heterocycles. The average Bonchev–Trinajstić information content (AvgIpc) is 3.87. The van der Waals surface area contributed by atoms with Gasteiger partial charge in [0.15, 0.2) is 0 Å². The van der Waals surface area contributed by atoms with Crippen molar-refractivity contribution < 1.29 is 29.1 Å². The summed E-state index contributed by atoms with van der Waals surface area (Å²) in [4.78, 5) is 50.9. The smallest absolute Gasteiger partial charge is 0.291 e. The maximum atomic E-state index is 14.4. The summed E-state index contributed by atoms with van der Waals surface area (Å²) in [6.45, 7) is 21.9. The molecule has 0 N–H and O–H groups in total. The third-order valence-electron chi connectivity index (χ3n) is 11.4. The van der Waals surface area contributed by atoms with Crippen molar-refractivity contribution >= 4 is 11.6 Å². The van der Waals surface area contributed by atoms with Crippen LogP contribution in [-0.4, -0.2) is 23.1 Å². The van der Waals surface area contributed by atoms with Crippen molar-refractivity contribution in [3.05, 3.63) is 0 Å². The molecular formula is C38H68O6. The van der Waals surface area contributed by atoms with E-state index in [1.54, 1.807) is 0 Å². The van der Waals surface area contributed by atoms with Gasteiger partial charge in [-0.3, -0.25) is 9.59 Å². The molecule has 1 saturated carbocycles. The first-order chi connectivity index (χ1) is 20.3. The van der Waals surface area contributed by atoms with Gasteiger partial charge in [-0.25, -0.2) is 0 Å². The molecule has 0 aromatic carbocycles. The highest BCUT2D eigenvalue weighted by Crippen LogP contribution is 2.64. The Morgan fingerprint density at radius 3 is 1.11 bits per heavy atom. The Morgan fingerprint density at radius 2 is 0.795 bits per heavy atom. The minimum atomic E-state index is -1.17. The second-order valence-electron chi connectivity index (χ2n) is 18.0. The van der Waals surface area contributed by atoms with Crippen LogP contribution < -0.4 is 0 Å². The third-order valence-corrected chi connectivity index (χ3v) is 11.4. The van der Waals surface area contributed by atoms with Crippen LogP contribution in [0.15, 0.2) is 0 Å². The van der Waals surface area contributed by atoms with E-state index in [4.69, 9.17) is 19.6 Å². The molecule has 44 heavy (non-hydrogen) atoms. The van der Waals surface area contributed by atoms with Gasteiger partial charge in [0.2, 0.25) is 11.6 Å². The lowest BCUT2D eigenvalue weighted by Crippen LogP contribution is -2.60. The first-order valence-corrected chi connectivity index (χ1v) is 18.2. The molecule has 0 aromatic heterocycles. The zero-order valence-electron chi connectivity index (χ0n) is 30.4. The third kappa shape index (κ3) is 9.16. The topological polar surface area (TPSA) is 84.3 Å². The molecule has 0 unspecified atom stereocenters. The second kappa shape index (κ2) is 14.5. The van der Waals surface area contributed by atoms with Crippen molar-refractivity contribution in [1.29, 1.82) is 0 Å². The van der Waals surface area contributed by atoms with Gasteiger partial charge >= 0.3 is 0 Å². The molecule has 3 fully saturated rings. The molecular weight excluding hydrogens is 552 g/mol. The molecule has 2 saturated heterocycles. The van der Waals surface area contributed by atoms with Gasteiger partial charge in [-0.05, 0) is 54.8 Å². The Bertz CT molecular complexity index is 865. The quantitative estimate of drug-likeness (QED) is 0.0764. The average molecular weight is 621 g/mol. The molecule has 0 aromatic rings. The Hall–Kier alpha value is -0.820. The zero-order valence-corrected chi connectivity index (χ0v) is 30.4. The van der Waals surface area contributed by atoms with Crippen molar-refractivity contribution in [2.75, 3.05) is 0 Å². The van der Waals surface area contributed by atoms with E-state index in [-0.39, 0.29) is 11.6 Å². The van der Waals surface area contributed by atoms with Crippen LogP contribution in [0.5, 0.6) is 0 Å². The van der Waals surface area contributed by atoms with Gasteiger partial charge in [0.1, 0.15) is 0 Å². The van der Waals surface area contributed by atoms with E-state index in [0.717, 1.165) is 70.6 Å². The van der Waals surface area contributed by atoms with Crippen molar-refractivity contribution in [3.8, 4) is 0 Å². The summed E-state index contributed by atoms with van der Waals surface area (Å²) in [6, 6.07) is 0. The van der Waals surface area contributed by atoms with E-state index >= 15 is 0 Å². The van der Waals surface area contributed by atoms with E-state index < -0.39 is 27.8 Å². The van der Waals surface area contributed by atoms with Gasteiger partial charge in [0, 0.05) is 23.7 Å². The van der Waals surface area contributed by atoms with Crippen molar-refractivity contribution in [3.63, 3.8) is 0 Å². The fourth-order valence-corrected chi connectivity index (χ4v) is 8.31. The standard InChI is InChI=1S/C38H68O6/c1-32(2,3)24-18-13-11-15-22-28-37(41-42-37)30(39)34(7,8)36(26-20-17-21-27-36)35(9,10)31(40)38(43-44-38)29-23-16-12-14-19-25-33(4,5)6/h11-29H2,1-10H3. The lowest BCUT2D eigenvalue weighted by molar-refractivity contribution is -0.166. The summed E-state index contributed by atoms with van der Waals surface area (Å²) in [5.74, 6) is -2.37. The largest absolute Gasteiger partial charge is 0.293 e. The van der Waals surface area contributed by atoms with Gasteiger partial charge in [-0.15, -0.1) is 0 Å². The predicted molar refractivity (Wildman–Crippen MR) is 176 cm³/mol. The number of carbonyl (C=O) groups excluding carboxylic acids is 2. The second-order valence-corrected chi connectivity index (χ2v) is 18.0. The SMILES string of the molecule is CC(C)(C)CCCCCCCC1(C(=O)C(C)(C)C2(C(C)(C)C(=O)C3(CCCCCCCC(C)(C)C)OO3)CCCCC2)OO1. The van der Waals surface area contributed by atoms with Gasteiger partial charge in [0.25, 0.3) is 11.6 Å². The molecule has 256 valence electrons. The van der Waals surface area contributed by atoms with Gasteiger partial charge in [0.05, 0.1) is 0 Å². The number of carbonyl (C=O) groups is 2. The van der Waals surface area contributed by atoms with Crippen LogP contribution in [-0.2, 0) is 29.1 Å². The van der Waals surface area contributed by atoms with Crippen LogP contribution in [0.4, 0.5) is 0 Å². The Morgan fingerprint density at radius 1 is 0.477 bits per heavy atom. The first-order valence-electron chi connectivity index (χ1n) is 18.2. The van der Waals surface area contributed by atoms with E-state index in [2.05, 4.69) is 41.5 Å². The lowest BCUT2D eigenvalue weighted by atomic mass is 9.45. The lowest BCUT2D eigenvalue weighted by Gasteiger charge is -2.57. The fourth-order valence-electron chi connectivity index (χ4n) is 8.31. The summed E-state index contributed by atoms with van der Waals surface area (Å²) >= 11 is 0. The van der Waals surface area contributed by atoms with Crippen molar-refractivity contribution in [1.82, 2.24) is 0 Å². The van der Waals surface area contributed by atoms with Crippen molar-refractivity contribution in [2.45, 2.75) is 203 Å². The molecule has 0 atom stereocenters. The Labute approximate surface area is 270 Å². The molecule has 0 bridgehead atoms. The molecule has 3 aliphatic rings. The van der Waals surface area contributed by atoms with E-state index in [1.165, 1.54) is 38.5 Å². The number of rotatable bonds is 20. The molecule has 6 nitrogen and oxygen atoms in total. The summed E-state index contributed by atoms with van der Waals surface area (Å²) in [7, 11) is 0. The Kier molecular flexibility index (Phi) is 12.4. The minimum absolute atomic E-state index is 0.0116. The highest BCUT2D eigenvalue weighted by atomic mass is 17.4. The maximum Gasteiger partial charge on any atom is 0.291 e. The number of hydrogen-bond donors (Lipinski definition) is 0. The molecule has 3 rings (SSSR count). The van der Waals surface area contributed by atoms with Gasteiger partial charge in [-0.1, -0.05) is 140 Å². The first kappa shape index (κ1) is 37.6. The van der Waals surface area contributed by atoms with Gasteiger partial charge < -0.3 is 0 Å². The number of Topliss-reactive ketones (excluding diaryl/α,β-unsaturated/α-hetero) is 2. The van der Waals surface area contributed by atoms with Gasteiger partial charge in [-0.2, -0.15) is 19.6 Å². The molecule has 6 heteroatoms. The molecule has 0 spiro atoms. The molecule has 0 amide bonds. The van der Waals surface area contributed by atoms with Crippen LogP contribution >= 0.6 is 0 Å². The summed E-state index contributed by atoms with van der Waals surface area (Å²) in [5, 5.41) is 0. The summed E-state index contributed by atoms with van der Waals surface area (Å²) in [5.41, 5.74) is -1.43. The van der Waals surface area contributed by atoms with Crippen LogP contribution in [0.2, 0.25) is 0 Å². The fraction of sp³-hybridized carbons (Fsp3) is 0.947. The predicted octanol–water partition coefficient (Wildman–Crippen LogP) is 11.0. The van der Waals surface area contributed by atoms with Crippen LogP contribution in [0.25, 0.3) is 0 Å². The van der Waals surface area contributed by atoms with Crippen LogP contribution in [0.3, 0.4) is 0 Å². The molecule has 1 aliphatic carbocycles. The van der Waals surface area contributed by atoms with Crippen LogP contribution in [0, 0.1) is 27.1 Å². The van der Waals surface area contributed by atoms with E-state index in [1.807, 2.05) is 27.7 Å². The molecule has 2 aliphatic heterocycles. The number of hydrogen-bond acceptors (Lipinski definition) is 6. The van der Waals surface area contributed by atoms with E-state index in [9.17, 15) is 9.59 Å². The maximum absolute atomic E-state index is 14.4. The summed E-state index contributed by atoms with van der Waals surface area (Å²) in [6.07, 6.45) is 19.5. The number of unbranched alkanes of at least 4 members (excludes halogenated alkanes) is 8. The number of ketones is 2. The zero-order chi connectivity index (χ0) is 32.9. The summed E-state index contributed by atoms with van der Waals surface area (Å²) < 4.78 is 0. The monoisotopic (exact) mass is 621 g/mol. The van der Waals surface area contributed by atoms with Crippen molar-refractivity contribution in [2.24, 2.45) is 27.1 Å². The normalized spacial score (nSPS) is 21.2. The molecule has 0 radical (unpaired) electrons. The van der Waals surface area contributed by atoms with Crippen LogP contribution in [0.1, 0.15) is 191 Å². The highest BCUT2D eigenvalue weighted by Gasteiger charge is 2.71. The highest BCUT2D eigenvalue weighted by molar-refractivity contribution is 5.96.